The van der Waals surface area contributed by atoms with E-state index >= 15 is 0 Å². The highest BCUT2D eigenvalue weighted by atomic mass is 16.4. The summed E-state index contributed by atoms with van der Waals surface area (Å²) >= 11 is 0. The van der Waals surface area contributed by atoms with Gasteiger partial charge in [0.2, 0.25) is 0 Å². The van der Waals surface area contributed by atoms with Gasteiger partial charge in [-0.1, -0.05) is 0 Å². The number of H-pyrrole nitrogens is 1. The second-order valence-electron chi connectivity index (χ2n) is 2.76. The molecule has 1 heterocycles. The molecule has 2 N–H and O–H groups in total. The van der Waals surface area contributed by atoms with Crippen LogP contribution in [-0.2, 0) is 4.79 Å². The molecule has 58 valence electrons. The standard InChI is InChI=1S/C7H8N2O2/c10-7(11)5-3-4(5)6-8-1-2-9-6/h1-2,4-5H,3H2,(H,8,9)(H,10,11)/t4-,5-/m1/s1. The molecule has 0 radical (unpaired) electrons. The third-order valence-corrected chi connectivity index (χ3v) is 1.98. The van der Waals surface area contributed by atoms with Crippen LogP contribution in [0.15, 0.2) is 12.4 Å². The second-order valence-corrected chi connectivity index (χ2v) is 2.76. The van der Waals surface area contributed by atoms with E-state index in [-0.39, 0.29) is 11.8 Å². The lowest BCUT2D eigenvalue weighted by atomic mass is 10.3. The van der Waals surface area contributed by atoms with Crippen molar-refractivity contribution in [3.8, 4) is 0 Å². The van der Waals surface area contributed by atoms with Crippen molar-refractivity contribution in [3.63, 3.8) is 0 Å². The highest BCUT2D eigenvalue weighted by Gasteiger charge is 2.45. The molecule has 1 aromatic heterocycles. The molecule has 0 unspecified atom stereocenters. The highest BCUT2D eigenvalue weighted by Crippen LogP contribution is 2.45. The number of carbonyl (C=O) groups is 1. The van der Waals surface area contributed by atoms with Gasteiger partial charge in [-0.25, -0.2) is 4.98 Å². The van der Waals surface area contributed by atoms with Crippen LogP contribution in [0.5, 0.6) is 0 Å². The lowest BCUT2D eigenvalue weighted by molar-refractivity contribution is -0.138. The van der Waals surface area contributed by atoms with E-state index in [1.54, 1.807) is 12.4 Å². The van der Waals surface area contributed by atoms with E-state index in [2.05, 4.69) is 9.97 Å². The van der Waals surface area contributed by atoms with Gasteiger partial charge in [0.15, 0.2) is 0 Å². The summed E-state index contributed by atoms with van der Waals surface area (Å²) in [5, 5.41) is 8.58. The zero-order valence-corrected chi connectivity index (χ0v) is 5.82. The third-order valence-electron chi connectivity index (χ3n) is 1.98. The highest BCUT2D eigenvalue weighted by molar-refractivity contribution is 5.74. The molecule has 0 aliphatic heterocycles. The molecule has 2 atom stereocenters. The second kappa shape index (κ2) is 2.08. The van der Waals surface area contributed by atoms with Crippen molar-refractivity contribution >= 4 is 5.97 Å². The molecule has 2 rings (SSSR count). The van der Waals surface area contributed by atoms with E-state index in [4.69, 9.17) is 5.11 Å². The van der Waals surface area contributed by atoms with Crippen molar-refractivity contribution in [2.24, 2.45) is 5.92 Å². The van der Waals surface area contributed by atoms with Crippen molar-refractivity contribution in [2.45, 2.75) is 12.3 Å². The smallest absolute Gasteiger partial charge is 0.307 e. The van der Waals surface area contributed by atoms with Gasteiger partial charge in [0, 0.05) is 18.3 Å². The van der Waals surface area contributed by atoms with Crippen LogP contribution in [0.4, 0.5) is 0 Å². The summed E-state index contributed by atoms with van der Waals surface area (Å²) in [6, 6.07) is 0. The number of hydrogen-bond donors (Lipinski definition) is 2. The minimum absolute atomic E-state index is 0.127. The Balaban J connectivity index is 2.08. The maximum Gasteiger partial charge on any atom is 0.307 e. The number of aromatic amines is 1. The molecule has 1 saturated carbocycles. The molecule has 11 heavy (non-hydrogen) atoms. The van der Waals surface area contributed by atoms with Crippen LogP contribution in [0.25, 0.3) is 0 Å². The molecule has 0 spiro atoms. The van der Waals surface area contributed by atoms with E-state index in [0.717, 1.165) is 12.2 Å². The first-order chi connectivity index (χ1) is 5.29. The first-order valence-electron chi connectivity index (χ1n) is 3.51. The average Bonchev–Trinajstić information content (AvgIpc) is 2.60. The van der Waals surface area contributed by atoms with Gasteiger partial charge in [-0.2, -0.15) is 0 Å². The lowest BCUT2D eigenvalue weighted by Crippen LogP contribution is -1.99. The Hall–Kier alpha value is -1.32. The number of rotatable bonds is 2. The molecular formula is C7H8N2O2. The normalized spacial score (nSPS) is 28.4. The fourth-order valence-electron chi connectivity index (χ4n) is 1.25. The molecule has 0 bridgehead atoms. The molecule has 4 heteroatoms. The van der Waals surface area contributed by atoms with E-state index in [1.165, 1.54) is 0 Å². The SMILES string of the molecule is O=C(O)[C@@H]1C[C@H]1c1ncc[nH]1. The van der Waals surface area contributed by atoms with Crippen LogP contribution in [0.3, 0.4) is 0 Å². The van der Waals surface area contributed by atoms with Gasteiger partial charge in [0.1, 0.15) is 5.82 Å². The number of carboxylic acid groups (broad SMARTS) is 1. The van der Waals surface area contributed by atoms with Gasteiger partial charge >= 0.3 is 5.97 Å². The Bertz CT molecular complexity index is 268. The number of nitrogens with zero attached hydrogens (tertiary/aromatic N) is 1. The Morgan fingerprint density at radius 1 is 1.82 bits per heavy atom. The van der Waals surface area contributed by atoms with Gasteiger partial charge in [0.25, 0.3) is 0 Å². The van der Waals surface area contributed by atoms with Crippen molar-refractivity contribution in [1.29, 1.82) is 0 Å². The minimum atomic E-state index is -0.716. The van der Waals surface area contributed by atoms with Crippen LogP contribution < -0.4 is 0 Å². The molecule has 4 nitrogen and oxygen atoms in total. The summed E-state index contributed by atoms with van der Waals surface area (Å²) in [6.45, 7) is 0. The molecule has 1 aromatic rings. The largest absolute Gasteiger partial charge is 0.481 e. The van der Waals surface area contributed by atoms with Crippen LogP contribution in [-0.4, -0.2) is 21.0 Å². The van der Waals surface area contributed by atoms with Gasteiger partial charge in [-0.15, -0.1) is 0 Å². The molecular weight excluding hydrogens is 144 g/mol. The Morgan fingerprint density at radius 2 is 2.64 bits per heavy atom. The molecule has 1 aliphatic rings. The molecule has 0 amide bonds. The van der Waals surface area contributed by atoms with Crippen LogP contribution in [0.2, 0.25) is 0 Å². The number of carboxylic acids is 1. The fraction of sp³-hybridized carbons (Fsp3) is 0.429. The van der Waals surface area contributed by atoms with E-state index in [0.29, 0.717) is 0 Å². The molecule has 0 aromatic carbocycles. The van der Waals surface area contributed by atoms with E-state index < -0.39 is 5.97 Å². The maximum atomic E-state index is 10.4. The van der Waals surface area contributed by atoms with Gasteiger partial charge in [-0.3, -0.25) is 4.79 Å². The summed E-state index contributed by atoms with van der Waals surface area (Å²) in [5.74, 6) is 0.00690. The fourth-order valence-corrected chi connectivity index (χ4v) is 1.25. The minimum Gasteiger partial charge on any atom is -0.481 e. The summed E-state index contributed by atoms with van der Waals surface area (Å²) in [7, 11) is 0. The summed E-state index contributed by atoms with van der Waals surface area (Å²) in [4.78, 5) is 17.3. The summed E-state index contributed by atoms with van der Waals surface area (Å²) in [5.41, 5.74) is 0. The van der Waals surface area contributed by atoms with Crippen LogP contribution in [0, 0.1) is 5.92 Å². The van der Waals surface area contributed by atoms with Crippen molar-refractivity contribution in [1.82, 2.24) is 9.97 Å². The van der Waals surface area contributed by atoms with Gasteiger partial charge < -0.3 is 10.1 Å². The van der Waals surface area contributed by atoms with Crippen molar-refractivity contribution in [2.75, 3.05) is 0 Å². The predicted molar refractivity (Wildman–Crippen MR) is 37.1 cm³/mol. The maximum absolute atomic E-state index is 10.4. The molecule has 1 fully saturated rings. The lowest BCUT2D eigenvalue weighted by Gasteiger charge is -1.88. The average molecular weight is 152 g/mol. The molecule has 1 aliphatic carbocycles. The first kappa shape index (κ1) is 6.39. The topological polar surface area (TPSA) is 66.0 Å². The number of nitrogens with one attached hydrogen (secondary N) is 1. The predicted octanol–water partition coefficient (Wildman–Crippen LogP) is 0.598. The number of hydrogen-bond acceptors (Lipinski definition) is 2. The number of aromatic nitrogens is 2. The third kappa shape index (κ3) is 1.00. The molecule has 0 saturated heterocycles. The first-order valence-corrected chi connectivity index (χ1v) is 3.51. The zero-order chi connectivity index (χ0) is 7.84. The Labute approximate surface area is 63.3 Å². The zero-order valence-electron chi connectivity index (χ0n) is 5.82. The Kier molecular flexibility index (Phi) is 1.21. The van der Waals surface area contributed by atoms with E-state index in [1.807, 2.05) is 0 Å². The summed E-state index contributed by atoms with van der Waals surface area (Å²) in [6.07, 6.45) is 4.09. The monoisotopic (exact) mass is 152 g/mol. The van der Waals surface area contributed by atoms with Crippen LogP contribution >= 0.6 is 0 Å². The van der Waals surface area contributed by atoms with Crippen molar-refractivity contribution < 1.29 is 9.90 Å². The number of imidazole rings is 1. The van der Waals surface area contributed by atoms with Crippen LogP contribution in [0.1, 0.15) is 18.2 Å². The van der Waals surface area contributed by atoms with Gasteiger partial charge in [-0.05, 0) is 6.42 Å². The number of aliphatic carboxylic acids is 1. The summed E-state index contributed by atoms with van der Waals surface area (Å²) < 4.78 is 0. The van der Waals surface area contributed by atoms with Crippen molar-refractivity contribution in [3.05, 3.63) is 18.2 Å². The van der Waals surface area contributed by atoms with Gasteiger partial charge in [0.05, 0.1) is 5.92 Å². The quantitative estimate of drug-likeness (QED) is 0.652. The van der Waals surface area contributed by atoms with E-state index in [9.17, 15) is 4.79 Å². The Morgan fingerprint density at radius 3 is 3.09 bits per heavy atom.